The molecule has 0 aliphatic heterocycles. The van der Waals surface area contributed by atoms with Crippen molar-refractivity contribution in [2.45, 2.75) is 25.3 Å². The molecule has 2 rings (SSSR count). The Labute approximate surface area is 107 Å². The smallest absolute Gasteiger partial charge is 0.124 e. The van der Waals surface area contributed by atoms with Crippen LogP contribution >= 0.6 is 12.4 Å². The van der Waals surface area contributed by atoms with Gasteiger partial charge < -0.3 is 16.5 Å². The Morgan fingerprint density at radius 2 is 2.00 bits per heavy atom. The Kier molecular flexibility index (Phi) is 5.41. The van der Waals surface area contributed by atoms with E-state index in [4.69, 9.17) is 11.5 Å². The molecule has 5 N–H and O–H groups in total. The fraction of sp³-hybridized carbons (Fsp3) is 0.417. The zero-order valence-electron chi connectivity index (χ0n) is 9.73. The molecule has 0 aliphatic rings. The summed E-state index contributed by atoms with van der Waals surface area (Å²) in [5.41, 5.74) is 13.5. The van der Waals surface area contributed by atoms with Gasteiger partial charge in [0.05, 0.1) is 17.1 Å². The fourth-order valence-electron chi connectivity index (χ4n) is 1.79. The number of fused-ring (bicyclic) bond motifs is 1. The van der Waals surface area contributed by atoms with Gasteiger partial charge in [0.2, 0.25) is 0 Å². The van der Waals surface area contributed by atoms with Gasteiger partial charge in [-0.2, -0.15) is 0 Å². The molecule has 2 aromatic rings. The zero-order valence-corrected chi connectivity index (χ0v) is 10.5. The lowest BCUT2D eigenvalue weighted by Gasteiger charge is -2.07. The first-order valence-electron chi connectivity index (χ1n) is 5.71. The molecule has 17 heavy (non-hydrogen) atoms. The molecule has 1 heterocycles. The highest BCUT2D eigenvalue weighted by Gasteiger charge is 2.10. The molecule has 0 spiro atoms. The Bertz CT molecular complexity index is 421. The number of H-pyrrole nitrogens is 1. The van der Waals surface area contributed by atoms with E-state index >= 15 is 0 Å². The predicted octanol–water partition coefficient (Wildman–Crippen LogP) is 2.11. The van der Waals surface area contributed by atoms with E-state index in [9.17, 15) is 0 Å². The first-order chi connectivity index (χ1) is 7.81. The number of benzene rings is 1. The van der Waals surface area contributed by atoms with Gasteiger partial charge in [-0.3, -0.25) is 0 Å². The van der Waals surface area contributed by atoms with Crippen molar-refractivity contribution < 1.29 is 0 Å². The van der Waals surface area contributed by atoms with Crippen molar-refractivity contribution in [2.24, 2.45) is 11.5 Å². The zero-order chi connectivity index (χ0) is 11.4. The number of nitrogens with one attached hydrogen (secondary N) is 1. The maximum atomic E-state index is 6.07. The van der Waals surface area contributed by atoms with Gasteiger partial charge in [0.15, 0.2) is 0 Å². The standard InChI is InChI=1S/C12H18N4.ClH/c13-8-4-3-5-9(14)12-15-10-6-1-2-7-11(10)16-12;/h1-2,6-7,9H,3-5,8,13-14H2,(H,15,16);1H. The van der Waals surface area contributed by atoms with Crippen molar-refractivity contribution in [3.63, 3.8) is 0 Å². The highest BCUT2D eigenvalue weighted by molar-refractivity contribution is 5.85. The lowest BCUT2D eigenvalue weighted by Crippen LogP contribution is -2.12. The fourth-order valence-corrected chi connectivity index (χ4v) is 1.79. The van der Waals surface area contributed by atoms with Gasteiger partial charge in [-0.1, -0.05) is 18.6 Å². The third-order valence-electron chi connectivity index (χ3n) is 2.73. The summed E-state index contributed by atoms with van der Waals surface area (Å²) in [7, 11) is 0. The summed E-state index contributed by atoms with van der Waals surface area (Å²) in [6.07, 6.45) is 3.00. The predicted molar refractivity (Wildman–Crippen MR) is 73.2 cm³/mol. The highest BCUT2D eigenvalue weighted by Crippen LogP contribution is 2.17. The molecule has 1 atom stereocenters. The van der Waals surface area contributed by atoms with Gasteiger partial charge in [0, 0.05) is 0 Å². The molecular formula is C12H19ClN4. The number of rotatable bonds is 5. The van der Waals surface area contributed by atoms with Crippen LogP contribution in [0, 0.1) is 0 Å². The Balaban J connectivity index is 0.00000144. The molecule has 0 radical (unpaired) electrons. The van der Waals surface area contributed by atoms with E-state index in [0.717, 1.165) is 42.7 Å². The van der Waals surface area contributed by atoms with E-state index in [0.29, 0.717) is 0 Å². The number of para-hydroxylation sites is 2. The third kappa shape index (κ3) is 3.43. The molecule has 0 saturated carbocycles. The largest absolute Gasteiger partial charge is 0.341 e. The summed E-state index contributed by atoms with van der Waals surface area (Å²) < 4.78 is 0. The number of hydrogen-bond acceptors (Lipinski definition) is 3. The van der Waals surface area contributed by atoms with Gasteiger partial charge in [-0.15, -0.1) is 12.4 Å². The van der Waals surface area contributed by atoms with Crippen molar-refractivity contribution in [1.29, 1.82) is 0 Å². The average Bonchev–Trinajstić information content (AvgIpc) is 2.73. The molecule has 5 heteroatoms. The maximum Gasteiger partial charge on any atom is 0.124 e. The first kappa shape index (κ1) is 14.0. The Morgan fingerprint density at radius 1 is 1.24 bits per heavy atom. The molecule has 4 nitrogen and oxygen atoms in total. The van der Waals surface area contributed by atoms with Crippen LogP contribution in [0.5, 0.6) is 0 Å². The van der Waals surface area contributed by atoms with E-state index < -0.39 is 0 Å². The molecule has 0 aliphatic carbocycles. The Hall–Kier alpha value is -1.10. The summed E-state index contributed by atoms with van der Waals surface area (Å²) in [6, 6.07) is 7.95. The molecule has 0 saturated heterocycles. The molecule has 1 aromatic heterocycles. The number of halogens is 1. The third-order valence-corrected chi connectivity index (χ3v) is 2.73. The van der Waals surface area contributed by atoms with Crippen LogP contribution in [0.2, 0.25) is 0 Å². The van der Waals surface area contributed by atoms with Crippen LogP contribution in [0.25, 0.3) is 11.0 Å². The number of nitrogens with zero attached hydrogens (tertiary/aromatic N) is 1. The normalized spacial score (nSPS) is 12.4. The van der Waals surface area contributed by atoms with E-state index in [1.54, 1.807) is 0 Å². The minimum atomic E-state index is -0.0149. The van der Waals surface area contributed by atoms with Crippen molar-refractivity contribution in [2.75, 3.05) is 6.54 Å². The second kappa shape index (κ2) is 6.59. The number of aromatic amines is 1. The van der Waals surface area contributed by atoms with Gasteiger partial charge in [-0.05, 0) is 31.5 Å². The van der Waals surface area contributed by atoms with Crippen molar-refractivity contribution in [1.82, 2.24) is 9.97 Å². The summed E-state index contributed by atoms with van der Waals surface area (Å²) in [5, 5.41) is 0. The topological polar surface area (TPSA) is 80.7 Å². The molecule has 0 fully saturated rings. The quantitative estimate of drug-likeness (QED) is 0.715. The van der Waals surface area contributed by atoms with E-state index in [2.05, 4.69) is 9.97 Å². The summed E-state index contributed by atoms with van der Waals surface area (Å²) in [4.78, 5) is 7.73. The Morgan fingerprint density at radius 3 is 2.71 bits per heavy atom. The van der Waals surface area contributed by atoms with Gasteiger partial charge in [0.25, 0.3) is 0 Å². The number of unbranched alkanes of at least 4 members (excludes halogenated alkanes) is 1. The number of imidazole rings is 1. The number of aromatic nitrogens is 2. The van der Waals surface area contributed by atoms with E-state index in [1.165, 1.54) is 0 Å². The minimum Gasteiger partial charge on any atom is -0.341 e. The van der Waals surface area contributed by atoms with Gasteiger partial charge in [-0.25, -0.2) is 4.98 Å². The van der Waals surface area contributed by atoms with E-state index in [-0.39, 0.29) is 18.4 Å². The van der Waals surface area contributed by atoms with Crippen LogP contribution in [0.4, 0.5) is 0 Å². The summed E-state index contributed by atoms with van der Waals surface area (Å²) in [6.45, 7) is 0.729. The lowest BCUT2D eigenvalue weighted by molar-refractivity contribution is 0.571. The molecule has 0 amide bonds. The van der Waals surface area contributed by atoms with Crippen molar-refractivity contribution in [3.05, 3.63) is 30.1 Å². The monoisotopic (exact) mass is 254 g/mol. The lowest BCUT2D eigenvalue weighted by atomic mass is 10.1. The van der Waals surface area contributed by atoms with Crippen LogP contribution in [-0.2, 0) is 0 Å². The SMILES string of the molecule is Cl.NCCCCC(N)c1nc2ccccc2[nH]1. The van der Waals surface area contributed by atoms with Crippen LogP contribution in [0.3, 0.4) is 0 Å². The second-order valence-corrected chi connectivity index (χ2v) is 4.03. The summed E-state index contributed by atoms with van der Waals surface area (Å²) >= 11 is 0. The molecule has 1 unspecified atom stereocenters. The van der Waals surface area contributed by atoms with Crippen LogP contribution < -0.4 is 11.5 Å². The van der Waals surface area contributed by atoms with E-state index in [1.807, 2.05) is 24.3 Å². The van der Waals surface area contributed by atoms with Crippen molar-refractivity contribution in [3.8, 4) is 0 Å². The van der Waals surface area contributed by atoms with Crippen LogP contribution in [-0.4, -0.2) is 16.5 Å². The second-order valence-electron chi connectivity index (χ2n) is 4.03. The minimum absolute atomic E-state index is 0. The van der Waals surface area contributed by atoms with Gasteiger partial charge in [0.1, 0.15) is 5.82 Å². The summed E-state index contributed by atoms with van der Waals surface area (Å²) in [5.74, 6) is 0.873. The molecule has 94 valence electrons. The molecular weight excluding hydrogens is 236 g/mol. The molecule has 1 aromatic carbocycles. The maximum absolute atomic E-state index is 6.07. The highest BCUT2D eigenvalue weighted by atomic mass is 35.5. The van der Waals surface area contributed by atoms with Crippen molar-refractivity contribution >= 4 is 23.4 Å². The number of hydrogen-bond donors (Lipinski definition) is 3. The van der Waals surface area contributed by atoms with Crippen LogP contribution in [0.1, 0.15) is 31.1 Å². The van der Waals surface area contributed by atoms with Crippen LogP contribution in [0.15, 0.2) is 24.3 Å². The van der Waals surface area contributed by atoms with Gasteiger partial charge >= 0.3 is 0 Å². The number of nitrogens with two attached hydrogens (primary N) is 2. The first-order valence-corrected chi connectivity index (χ1v) is 5.71. The molecule has 0 bridgehead atoms. The average molecular weight is 255 g/mol.